The molecule has 9 atom stereocenters. The van der Waals surface area contributed by atoms with Gasteiger partial charge in [-0.2, -0.15) is 0 Å². The number of esters is 2. The Labute approximate surface area is 358 Å². The highest BCUT2D eigenvalue weighted by atomic mass is 31.2. The summed E-state index contributed by atoms with van der Waals surface area (Å²) in [6.07, 6.45) is 24.8. The zero-order chi connectivity index (χ0) is 44.4. The monoisotopic (exact) mass is 873 g/mol. The van der Waals surface area contributed by atoms with Crippen molar-refractivity contribution in [3.63, 3.8) is 0 Å². The van der Waals surface area contributed by atoms with Gasteiger partial charge in [0.05, 0.1) is 12.7 Å². The highest BCUT2D eigenvalue weighted by Gasteiger charge is 2.51. The predicted octanol–water partition coefficient (Wildman–Crippen LogP) is 7.14. The van der Waals surface area contributed by atoms with Crippen molar-refractivity contribution in [1.82, 2.24) is 0 Å². The lowest BCUT2D eigenvalue weighted by Gasteiger charge is -2.41. The van der Waals surface area contributed by atoms with E-state index in [9.17, 15) is 49.7 Å². The maximum Gasteiger partial charge on any atom is 0.472 e. The zero-order valence-electron chi connectivity index (χ0n) is 36.1. The largest absolute Gasteiger partial charge is 0.472 e. The van der Waals surface area contributed by atoms with Gasteiger partial charge in [0.2, 0.25) is 0 Å². The molecular formula is C45H77O14P. The van der Waals surface area contributed by atoms with E-state index < -0.39 is 75.7 Å². The molecule has 0 heterocycles. The van der Waals surface area contributed by atoms with Crippen LogP contribution in [0.4, 0.5) is 0 Å². The van der Waals surface area contributed by atoms with Gasteiger partial charge in [-0.05, 0) is 70.6 Å². The summed E-state index contributed by atoms with van der Waals surface area (Å²) in [4.78, 5) is 35.6. The lowest BCUT2D eigenvalue weighted by atomic mass is 9.85. The summed E-state index contributed by atoms with van der Waals surface area (Å²) in [5.74, 6) is -1.20. The van der Waals surface area contributed by atoms with Crippen LogP contribution in [0.25, 0.3) is 0 Å². The average molecular weight is 873 g/mol. The van der Waals surface area contributed by atoms with Crippen molar-refractivity contribution in [3.8, 4) is 0 Å². The smallest absolute Gasteiger partial charge is 0.462 e. The van der Waals surface area contributed by atoms with Crippen LogP contribution < -0.4 is 0 Å². The lowest BCUT2D eigenvalue weighted by molar-refractivity contribution is -0.220. The number of phosphoric ester groups is 1. The molecule has 0 aromatic rings. The van der Waals surface area contributed by atoms with E-state index in [1.165, 1.54) is 25.7 Å². The molecule has 7 N–H and O–H groups in total. The zero-order valence-corrected chi connectivity index (χ0v) is 37.0. The summed E-state index contributed by atoms with van der Waals surface area (Å²) in [7, 11) is -5.14. The summed E-state index contributed by atoms with van der Waals surface area (Å²) in [5, 5.41) is 59.9. The number of aliphatic hydroxyl groups excluding tert-OH is 6. The molecule has 15 heteroatoms. The first-order chi connectivity index (χ1) is 28.8. The maximum atomic E-state index is 12.8. The topological polar surface area (TPSA) is 230 Å². The van der Waals surface area contributed by atoms with Crippen molar-refractivity contribution in [2.24, 2.45) is 0 Å². The number of carbonyl (C=O) groups excluding carboxylic acids is 2. The summed E-state index contributed by atoms with van der Waals surface area (Å²) >= 11 is 0. The Kier molecular flexibility index (Phi) is 32.4. The number of unbranched alkanes of at least 4 members (excludes halogenated alkanes) is 11. The number of rotatable bonds is 35. The number of carbonyl (C=O) groups is 2. The standard InChI is InChI=1S/C45H77O14P/c1-3-5-7-8-9-10-11-12-17-20-23-26-29-33-39(48)58-37(35-57-60(54,55)59-45-43(52)41(50)40(49)42(51)44(45)53)34-56-38(47)32-28-25-22-19-16-14-13-15-18-21-24-27-31-36(46)30-6-4-2/h10-11,13-14,18-19,21-22,27,31,36-37,40-46,49-53H,3-9,12,15-17,20,23-26,28-30,32-35H2,1-2H3,(H,54,55)/b11-10-,14-13-,21-18-,22-19-,31-27-/t36-,37+,40?,41-,42+,43+,44+,45?/m0/s1. The van der Waals surface area contributed by atoms with Crippen LogP contribution >= 0.6 is 7.82 Å². The predicted molar refractivity (Wildman–Crippen MR) is 232 cm³/mol. The third-order valence-corrected chi connectivity index (χ3v) is 10.9. The van der Waals surface area contributed by atoms with Crippen molar-refractivity contribution < 1.29 is 68.2 Å². The van der Waals surface area contributed by atoms with Crippen molar-refractivity contribution in [3.05, 3.63) is 60.8 Å². The van der Waals surface area contributed by atoms with Gasteiger partial charge < -0.3 is 45.0 Å². The molecule has 0 saturated heterocycles. The number of phosphoric acid groups is 1. The van der Waals surface area contributed by atoms with Gasteiger partial charge in [0, 0.05) is 12.8 Å². The van der Waals surface area contributed by atoms with Crippen molar-refractivity contribution >= 4 is 19.8 Å². The maximum absolute atomic E-state index is 12.8. The minimum Gasteiger partial charge on any atom is -0.462 e. The lowest BCUT2D eigenvalue weighted by Crippen LogP contribution is -2.64. The van der Waals surface area contributed by atoms with Crippen LogP contribution in [-0.2, 0) is 32.7 Å². The van der Waals surface area contributed by atoms with E-state index in [1.54, 1.807) is 0 Å². The van der Waals surface area contributed by atoms with E-state index in [-0.39, 0.29) is 18.9 Å². The fraction of sp³-hybridized carbons (Fsp3) is 0.733. The highest BCUT2D eigenvalue weighted by molar-refractivity contribution is 7.47. The Balaban J connectivity index is 2.54. The fourth-order valence-corrected chi connectivity index (χ4v) is 7.21. The first kappa shape index (κ1) is 55.5. The van der Waals surface area contributed by atoms with Gasteiger partial charge in [-0.1, -0.05) is 126 Å². The molecule has 1 fully saturated rings. The minimum atomic E-state index is -5.14. The van der Waals surface area contributed by atoms with E-state index in [2.05, 4.69) is 44.2 Å². The number of allylic oxidation sites excluding steroid dienone is 9. The van der Waals surface area contributed by atoms with E-state index in [0.29, 0.717) is 19.3 Å². The van der Waals surface area contributed by atoms with Gasteiger partial charge in [0.25, 0.3) is 0 Å². The fourth-order valence-electron chi connectivity index (χ4n) is 6.23. The Bertz CT molecular complexity index is 1300. The van der Waals surface area contributed by atoms with Crippen LogP contribution in [0.3, 0.4) is 0 Å². The Hall–Kier alpha value is -2.49. The van der Waals surface area contributed by atoms with Crippen LogP contribution in [0, 0.1) is 0 Å². The van der Waals surface area contributed by atoms with Gasteiger partial charge in [-0.25, -0.2) is 4.57 Å². The number of aliphatic hydroxyl groups is 6. The molecule has 0 spiro atoms. The van der Waals surface area contributed by atoms with E-state index in [0.717, 1.165) is 77.0 Å². The summed E-state index contributed by atoms with van der Waals surface area (Å²) in [6, 6.07) is 0. The van der Waals surface area contributed by atoms with Crippen LogP contribution in [0.5, 0.6) is 0 Å². The number of hydrogen-bond donors (Lipinski definition) is 7. The number of hydrogen-bond acceptors (Lipinski definition) is 13. The molecule has 0 bridgehead atoms. The summed E-state index contributed by atoms with van der Waals surface area (Å²) < 4.78 is 33.4. The van der Waals surface area contributed by atoms with Crippen LogP contribution in [0.15, 0.2) is 60.8 Å². The highest BCUT2D eigenvalue weighted by Crippen LogP contribution is 2.47. The van der Waals surface area contributed by atoms with Crippen LogP contribution in [-0.4, -0.2) is 110 Å². The SMILES string of the molecule is CCCCCC/C=C\CCCCCCCC(=O)O[C@H](COC(=O)CCC/C=C\C/C=C\C/C=C\C/C=C\[C@@H](O)CCCC)COP(=O)(O)OC1[C@H](O)[C@H](O)C(O)[C@H](O)[C@H]1O. The molecule has 60 heavy (non-hydrogen) atoms. The molecule has 0 aromatic carbocycles. The Morgan fingerprint density at radius 1 is 0.583 bits per heavy atom. The second-order valence-corrected chi connectivity index (χ2v) is 16.8. The van der Waals surface area contributed by atoms with Gasteiger partial charge in [0.15, 0.2) is 6.10 Å². The minimum absolute atomic E-state index is 0.0643. The molecule has 14 nitrogen and oxygen atoms in total. The summed E-state index contributed by atoms with van der Waals surface area (Å²) in [5.41, 5.74) is 0. The summed E-state index contributed by atoms with van der Waals surface area (Å²) in [6.45, 7) is 3.05. The van der Waals surface area contributed by atoms with Gasteiger partial charge in [-0.15, -0.1) is 0 Å². The average Bonchev–Trinajstić information content (AvgIpc) is 3.22. The normalized spacial score (nSPS) is 23.3. The third-order valence-electron chi connectivity index (χ3n) is 9.90. The quantitative estimate of drug-likeness (QED) is 0.0145. The molecule has 3 unspecified atom stereocenters. The Morgan fingerprint density at radius 2 is 1.07 bits per heavy atom. The van der Waals surface area contributed by atoms with Crippen molar-refractivity contribution in [1.29, 1.82) is 0 Å². The second-order valence-electron chi connectivity index (χ2n) is 15.4. The molecule has 1 rings (SSSR count). The molecule has 1 aliphatic rings. The Morgan fingerprint density at radius 3 is 1.68 bits per heavy atom. The second kappa shape index (κ2) is 35.0. The molecule has 1 saturated carbocycles. The molecule has 0 aliphatic heterocycles. The van der Waals surface area contributed by atoms with Gasteiger partial charge >= 0.3 is 19.8 Å². The number of ether oxygens (including phenoxy) is 2. The molecule has 0 radical (unpaired) electrons. The van der Waals surface area contributed by atoms with E-state index in [4.69, 9.17) is 18.5 Å². The van der Waals surface area contributed by atoms with Crippen LogP contribution in [0.2, 0.25) is 0 Å². The van der Waals surface area contributed by atoms with Crippen molar-refractivity contribution in [2.45, 2.75) is 198 Å². The molecular weight excluding hydrogens is 795 g/mol. The first-order valence-electron chi connectivity index (χ1n) is 22.2. The van der Waals surface area contributed by atoms with Crippen LogP contribution in [0.1, 0.15) is 149 Å². The third kappa shape index (κ3) is 27.5. The van der Waals surface area contributed by atoms with Crippen molar-refractivity contribution in [2.75, 3.05) is 13.2 Å². The van der Waals surface area contributed by atoms with Gasteiger partial charge in [0.1, 0.15) is 43.2 Å². The molecule has 346 valence electrons. The molecule has 0 amide bonds. The van der Waals surface area contributed by atoms with E-state index >= 15 is 0 Å². The molecule has 1 aliphatic carbocycles. The molecule has 0 aromatic heterocycles. The first-order valence-corrected chi connectivity index (χ1v) is 23.7. The van der Waals surface area contributed by atoms with E-state index in [1.807, 2.05) is 30.4 Å². The van der Waals surface area contributed by atoms with Gasteiger partial charge in [-0.3, -0.25) is 18.6 Å².